The molecular weight excluding hydrogens is 262 g/mol. The number of rotatable bonds is 2. The number of carbonyl (C=O) groups excluding carboxylic acids is 1. The van der Waals surface area contributed by atoms with E-state index < -0.39 is 5.54 Å². The molecule has 1 spiro atoms. The van der Waals surface area contributed by atoms with Crippen LogP contribution in [0.4, 0.5) is 4.79 Å². The van der Waals surface area contributed by atoms with E-state index in [0.717, 1.165) is 25.7 Å². The molecule has 0 radical (unpaired) electrons. The van der Waals surface area contributed by atoms with Gasteiger partial charge in [0, 0.05) is 6.54 Å². The van der Waals surface area contributed by atoms with Crippen molar-refractivity contribution in [3.63, 3.8) is 0 Å². The van der Waals surface area contributed by atoms with E-state index in [2.05, 4.69) is 37.0 Å². The molecule has 21 heavy (non-hydrogen) atoms. The zero-order valence-corrected chi connectivity index (χ0v) is 12.8. The molecule has 0 aromatic heterocycles. The van der Waals surface area contributed by atoms with Gasteiger partial charge in [-0.1, -0.05) is 38.1 Å². The van der Waals surface area contributed by atoms with Crippen molar-refractivity contribution >= 4 is 11.9 Å². The van der Waals surface area contributed by atoms with Gasteiger partial charge in [-0.25, -0.2) is 4.79 Å². The Morgan fingerprint density at radius 3 is 2.86 bits per heavy atom. The fourth-order valence-corrected chi connectivity index (χ4v) is 3.68. The SMILES string of the molecule is CC(C)CN1C(=O)N=C(N)C12CCCCc1ccccc12. The number of aryl methyl sites for hydroxylation is 1. The second-order valence-electron chi connectivity index (χ2n) is 6.51. The van der Waals surface area contributed by atoms with Gasteiger partial charge in [-0.2, -0.15) is 4.99 Å². The number of carbonyl (C=O) groups is 1. The first-order chi connectivity index (χ1) is 10.1. The molecule has 0 saturated heterocycles. The summed E-state index contributed by atoms with van der Waals surface area (Å²) < 4.78 is 0. The molecule has 1 aromatic carbocycles. The van der Waals surface area contributed by atoms with Crippen molar-refractivity contribution in [1.29, 1.82) is 0 Å². The lowest BCUT2D eigenvalue weighted by molar-refractivity contribution is 0.153. The molecule has 3 rings (SSSR count). The van der Waals surface area contributed by atoms with E-state index in [9.17, 15) is 4.79 Å². The second-order valence-corrected chi connectivity index (χ2v) is 6.51. The Labute approximate surface area is 126 Å². The first-order valence-corrected chi connectivity index (χ1v) is 7.80. The van der Waals surface area contributed by atoms with Crippen molar-refractivity contribution in [1.82, 2.24) is 4.90 Å². The number of amidine groups is 1. The van der Waals surface area contributed by atoms with Gasteiger partial charge in [0.05, 0.1) is 0 Å². The minimum atomic E-state index is -0.519. The Bertz CT molecular complexity index is 593. The molecule has 1 aromatic rings. The minimum absolute atomic E-state index is 0.182. The highest BCUT2D eigenvalue weighted by molar-refractivity contribution is 6.06. The molecule has 1 heterocycles. The Kier molecular flexibility index (Phi) is 3.47. The third-order valence-electron chi connectivity index (χ3n) is 4.58. The van der Waals surface area contributed by atoms with Crippen LogP contribution in [0.1, 0.15) is 44.2 Å². The summed E-state index contributed by atoms with van der Waals surface area (Å²) in [6.45, 7) is 4.94. The Morgan fingerprint density at radius 2 is 2.10 bits per heavy atom. The highest BCUT2D eigenvalue weighted by Crippen LogP contribution is 2.42. The van der Waals surface area contributed by atoms with Crippen LogP contribution in [-0.2, 0) is 12.0 Å². The quantitative estimate of drug-likeness (QED) is 0.908. The molecule has 1 atom stereocenters. The van der Waals surface area contributed by atoms with Crippen molar-refractivity contribution in [2.75, 3.05) is 6.54 Å². The van der Waals surface area contributed by atoms with Crippen LogP contribution < -0.4 is 5.73 Å². The number of hydrogen-bond acceptors (Lipinski definition) is 2. The van der Waals surface area contributed by atoms with Crippen LogP contribution in [0.5, 0.6) is 0 Å². The van der Waals surface area contributed by atoms with Crippen LogP contribution in [-0.4, -0.2) is 23.3 Å². The Hall–Kier alpha value is -1.84. The molecule has 0 fully saturated rings. The highest BCUT2D eigenvalue weighted by Gasteiger charge is 2.50. The van der Waals surface area contributed by atoms with Crippen LogP contribution in [0.3, 0.4) is 0 Å². The highest BCUT2D eigenvalue weighted by atomic mass is 16.2. The van der Waals surface area contributed by atoms with Gasteiger partial charge in [0.15, 0.2) is 0 Å². The molecule has 1 aliphatic carbocycles. The van der Waals surface area contributed by atoms with Crippen LogP contribution in [0.15, 0.2) is 29.3 Å². The summed E-state index contributed by atoms with van der Waals surface area (Å²) in [6.07, 6.45) is 4.12. The molecule has 112 valence electrons. The van der Waals surface area contributed by atoms with Crippen LogP contribution in [0, 0.1) is 5.92 Å². The number of nitrogens with zero attached hydrogens (tertiary/aromatic N) is 2. The third-order valence-corrected chi connectivity index (χ3v) is 4.58. The summed E-state index contributed by atoms with van der Waals surface area (Å²) >= 11 is 0. The van der Waals surface area contributed by atoms with Crippen LogP contribution in [0.2, 0.25) is 0 Å². The normalized spacial score (nSPS) is 25.2. The van der Waals surface area contributed by atoms with Crippen LogP contribution in [0.25, 0.3) is 0 Å². The van der Waals surface area contributed by atoms with Gasteiger partial charge >= 0.3 is 6.03 Å². The maximum Gasteiger partial charge on any atom is 0.346 e. The minimum Gasteiger partial charge on any atom is -0.385 e. The molecule has 2 amide bonds. The zero-order valence-electron chi connectivity index (χ0n) is 12.8. The topological polar surface area (TPSA) is 58.7 Å². The maximum absolute atomic E-state index is 12.4. The molecule has 4 heteroatoms. The summed E-state index contributed by atoms with van der Waals surface area (Å²) in [7, 11) is 0. The van der Waals surface area contributed by atoms with Gasteiger partial charge in [0.25, 0.3) is 0 Å². The van der Waals surface area contributed by atoms with Crippen molar-refractivity contribution in [2.24, 2.45) is 16.6 Å². The zero-order chi connectivity index (χ0) is 15.0. The standard InChI is InChI=1S/C17H23N3O/c1-12(2)11-20-16(21)19-15(18)17(20)10-6-5-8-13-7-3-4-9-14(13)17/h3-4,7,9,12H,5-6,8,10-11H2,1-2H3,(H2,18,19,21). The predicted molar refractivity (Wildman–Crippen MR) is 84.2 cm³/mol. The lowest BCUT2D eigenvalue weighted by Crippen LogP contribution is -2.52. The number of hydrogen-bond donors (Lipinski definition) is 1. The molecule has 2 aliphatic rings. The summed E-state index contributed by atoms with van der Waals surface area (Å²) in [6, 6.07) is 8.20. The van der Waals surface area contributed by atoms with E-state index in [0.29, 0.717) is 18.3 Å². The van der Waals surface area contributed by atoms with E-state index in [1.807, 2.05) is 11.0 Å². The van der Waals surface area contributed by atoms with Gasteiger partial charge < -0.3 is 10.6 Å². The first-order valence-electron chi connectivity index (χ1n) is 7.80. The maximum atomic E-state index is 12.4. The first kappa shape index (κ1) is 14.1. The Morgan fingerprint density at radius 1 is 1.33 bits per heavy atom. The smallest absolute Gasteiger partial charge is 0.346 e. The molecule has 1 aliphatic heterocycles. The van der Waals surface area contributed by atoms with E-state index in [1.165, 1.54) is 11.1 Å². The van der Waals surface area contributed by atoms with Gasteiger partial charge in [0.1, 0.15) is 11.4 Å². The monoisotopic (exact) mass is 285 g/mol. The number of aliphatic imine (C=N–C) groups is 1. The largest absolute Gasteiger partial charge is 0.385 e. The number of amides is 2. The second kappa shape index (κ2) is 5.17. The van der Waals surface area contributed by atoms with Crippen molar-refractivity contribution in [3.05, 3.63) is 35.4 Å². The van der Waals surface area contributed by atoms with E-state index in [4.69, 9.17) is 5.73 Å². The summed E-state index contributed by atoms with van der Waals surface area (Å²) in [5, 5.41) is 0. The lowest BCUT2D eigenvalue weighted by atomic mass is 9.82. The number of benzene rings is 1. The van der Waals surface area contributed by atoms with Crippen LogP contribution >= 0.6 is 0 Å². The molecule has 0 bridgehead atoms. The fraction of sp³-hybridized carbons (Fsp3) is 0.529. The Balaban J connectivity index is 2.16. The summed E-state index contributed by atoms with van der Waals surface area (Å²) in [5.41, 5.74) is 8.23. The predicted octanol–water partition coefficient (Wildman–Crippen LogP) is 3.06. The van der Waals surface area contributed by atoms with Crippen molar-refractivity contribution in [3.8, 4) is 0 Å². The lowest BCUT2D eigenvalue weighted by Gasteiger charge is -2.39. The molecule has 1 unspecified atom stereocenters. The molecule has 0 saturated carbocycles. The number of nitrogens with two attached hydrogens (primary N) is 1. The van der Waals surface area contributed by atoms with E-state index in [-0.39, 0.29) is 6.03 Å². The number of fused-ring (bicyclic) bond motifs is 2. The summed E-state index contributed by atoms with van der Waals surface area (Å²) in [4.78, 5) is 18.4. The van der Waals surface area contributed by atoms with Gasteiger partial charge in [-0.05, 0) is 42.7 Å². The van der Waals surface area contributed by atoms with Gasteiger partial charge in [-0.3, -0.25) is 0 Å². The average Bonchev–Trinajstić information content (AvgIpc) is 2.62. The van der Waals surface area contributed by atoms with Gasteiger partial charge in [0.2, 0.25) is 0 Å². The average molecular weight is 285 g/mol. The number of urea groups is 1. The molecular formula is C17H23N3O. The van der Waals surface area contributed by atoms with Crippen molar-refractivity contribution < 1.29 is 4.79 Å². The van der Waals surface area contributed by atoms with E-state index in [1.54, 1.807) is 0 Å². The molecule has 2 N–H and O–H groups in total. The van der Waals surface area contributed by atoms with E-state index >= 15 is 0 Å². The summed E-state index contributed by atoms with van der Waals surface area (Å²) in [5.74, 6) is 0.866. The van der Waals surface area contributed by atoms with Crippen molar-refractivity contribution in [2.45, 2.75) is 45.1 Å². The van der Waals surface area contributed by atoms with Gasteiger partial charge in [-0.15, -0.1) is 0 Å². The molecule has 4 nitrogen and oxygen atoms in total. The third kappa shape index (κ3) is 2.13. The fourth-order valence-electron chi connectivity index (χ4n) is 3.68.